The van der Waals surface area contributed by atoms with Gasteiger partial charge in [0.05, 0.1) is 24.7 Å². The lowest BCUT2D eigenvalue weighted by Crippen LogP contribution is -2.58. The molecule has 0 spiro atoms. The van der Waals surface area contributed by atoms with E-state index in [1.54, 1.807) is 7.11 Å². The van der Waals surface area contributed by atoms with Crippen molar-refractivity contribution < 1.29 is 4.74 Å². The summed E-state index contributed by atoms with van der Waals surface area (Å²) in [5, 5.41) is 8.92. The first kappa shape index (κ1) is 25.8. The van der Waals surface area contributed by atoms with Gasteiger partial charge >= 0.3 is 0 Å². The van der Waals surface area contributed by atoms with Crippen LogP contribution in [0.2, 0.25) is 0 Å². The molecular weight excluding hydrogens is 507 g/mol. The molecule has 36 heavy (non-hydrogen) atoms. The fraction of sp³-hybridized carbons (Fsp3) is 0.519. The van der Waals surface area contributed by atoms with Gasteiger partial charge in [-0.15, -0.1) is 18.3 Å². The largest absolute Gasteiger partial charge is 0.496 e. The first-order valence-electron chi connectivity index (χ1n) is 12.8. The number of methoxy groups -OCH3 is 1. The van der Waals surface area contributed by atoms with Gasteiger partial charge in [0.15, 0.2) is 5.11 Å². The highest BCUT2D eigenvalue weighted by Crippen LogP contribution is 2.43. The number of ether oxygens (including phenoxy) is 1. The van der Waals surface area contributed by atoms with Gasteiger partial charge in [-0.1, -0.05) is 30.8 Å². The molecule has 1 aromatic carbocycles. The lowest BCUT2D eigenvalue weighted by atomic mass is 9.73. The van der Waals surface area contributed by atoms with Gasteiger partial charge in [0.2, 0.25) is 0 Å². The van der Waals surface area contributed by atoms with Crippen LogP contribution in [0, 0.1) is 11.8 Å². The molecule has 0 radical (unpaired) electrons. The Morgan fingerprint density at radius 2 is 2.33 bits per heavy atom. The molecule has 6 rings (SSSR count). The standard InChI is InChI=1S/C27H35N5OS3/c1-4-17-15-32-10-8-18(17)11-23(32)25(21-13-22-19(7-6-9-28-22)12-24(21)33-3)31-26(34)29-14-20-16-36-27(30-20)35-5-2/h4,6-7,9,12-13,17-18,20,23,25H,1,5,8,10-11,14-16H2,2-3H3,(H2,29,31,34)/t17?,18?,20-,23-,25-/m0/s1. The van der Waals surface area contributed by atoms with Gasteiger partial charge in [-0.25, -0.2) is 0 Å². The highest BCUT2D eigenvalue weighted by molar-refractivity contribution is 8.39. The second kappa shape index (κ2) is 11.7. The van der Waals surface area contributed by atoms with E-state index in [0.29, 0.717) is 23.0 Å². The maximum atomic E-state index is 5.92. The first-order valence-corrected chi connectivity index (χ1v) is 15.1. The van der Waals surface area contributed by atoms with E-state index in [2.05, 4.69) is 58.3 Å². The van der Waals surface area contributed by atoms with Crippen molar-refractivity contribution in [2.75, 3.05) is 38.2 Å². The van der Waals surface area contributed by atoms with Crippen LogP contribution in [0.15, 0.2) is 48.1 Å². The Balaban J connectivity index is 1.39. The molecule has 2 aromatic rings. The maximum Gasteiger partial charge on any atom is 0.166 e. The van der Waals surface area contributed by atoms with Crippen LogP contribution >= 0.6 is 35.7 Å². The Bertz CT molecular complexity index is 1140. The average molecular weight is 542 g/mol. The number of benzene rings is 1. The van der Waals surface area contributed by atoms with Crippen molar-refractivity contribution in [3.63, 3.8) is 0 Å². The van der Waals surface area contributed by atoms with Crippen molar-refractivity contribution in [3.05, 3.63) is 48.7 Å². The lowest BCUT2D eigenvalue weighted by Gasteiger charge is -2.52. The number of hydrogen-bond donors (Lipinski definition) is 2. The zero-order valence-corrected chi connectivity index (χ0v) is 23.4. The molecule has 2 bridgehead atoms. The van der Waals surface area contributed by atoms with E-state index >= 15 is 0 Å². The molecule has 3 saturated heterocycles. The molecule has 4 aliphatic heterocycles. The second-order valence-electron chi connectivity index (χ2n) is 9.66. The molecule has 3 unspecified atom stereocenters. The minimum atomic E-state index is -0.00687. The first-order chi connectivity index (χ1) is 17.6. The van der Waals surface area contributed by atoms with Crippen LogP contribution in [0.25, 0.3) is 10.9 Å². The van der Waals surface area contributed by atoms with Crippen LogP contribution in [-0.4, -0.2) is 69.7 Å². The van der Waals surface area contributed by atoms with E-state index in [4.69, 9.17) is 21.9 Å². The number of piperidine rings is 3. The maximum absolute atomic E-state index is 5.92. The van der Waals surface area contributed by atoms with Gasteiger partial charge in [0.1, 0.15) is 10.1 Å². The third-order valence-electron chi connectivity index (χ3n) is 7.57. The minimum Gasteiger partial charge on any atom is -0.496 e. The zero-order valence-electron chi connectivity index (χ0n) is 21.0. The van der Waals surface area contributed by atoms with Gasteiger partial charge in [-0.3, -0.25) is 14.9 Å². The minimum absolute atomic E-state index is 0.00687. The van der Waals surface area contributed by atoms with Crippen LogP contribution in [0.4, 0.5) is 0 Å². The Labute approximate surface area is 228 Å². The normalized spacial score (nSPS) is 27.9. The molecule has 6 atom stereocenters. The molecule has 4 aliphatic rings. The van der Waals surface area contributed by atoms with Gasteiger partial charge in [-0.2, -0.15) is 0 Å². The van der Waals surface area contributed by atoms with Gasteiger partial charge in [0, 0.05) is 42.0 Å². The summed E-state index contributed by atoms with van der Waals surface area (Å²) >= 11 is 9.52. The fourth-order valence-corrected chi connectivity index (χ4v) is 8.06. The summed E-state index contributed by atoms with van der Waals surface area (Å²) in [6, 6.07) is 8.89. The van der Waals surface area contributed by atoms with Crippen LogP contribution < -0.4 is 15.4 Å². The number of thiocarbonyl (C=S) groups is 1. The lowest BCUT2D eigenvalue weighted by molar-refractivity contribution is 0.00379. The average Bonchev–Trinajstić information content (AvgIpc) is 3.37. The molecule has 0 saturated carbocycles. The third kappa shape index (κ3) is 5.54. The Morgan fingerprint density at radius 1 is 1.44 bits per heavy atom. The second-order valence-corrected chi connectivity index (χ2v) is 12.6. The van der Waals surface area contributed by atoms with E-state index in [0.717, 1.165) is 59.8 Å². The molecule has 9 heteroatoms. The number of thioether (sulfide) groups is 2. The summed E-state index contributed by atoms with van der Waals surface area (Å²) in [7, 11) is 1.75. The van der Waals surface area contributed by atoms with E-state index in [1.165, 1.54) is 10.8 Å². The van der Waals surface area contributed by atoms with Crippen molar-refractivity contribution in [2.45, 2.75) is 37.9 Å². The van der Waals surface area contributed by atoms with Crippen LogP contribution in [0.3, 0.4) is 0 Å². The SMILES string of the molecule is C=CC1CN2CCC1C[C@H]2[C@@H](NC(=S)NC[C@H]1CSC(SCC)=N1)c1cc2ncccc2cc1OC. The van der Waals surface area contributed by atoms with E-state index < -0.39 is 0 Å². The Morgan fingerprint density at radius 3 is 3.08 bits per heavy atom. The topological polar surface area (TPSA) is 61.8 Å². The Hall–Kier alpha value is -1.81. The number of nitrogens with one attached hydrogen (secondary N) is 2. The molecule has 6 nitrogen and oxygen atoms in total. The van der Waals surface area contributed by atoms with Crippen LogP contribution in [-0.2, 0) is 0 Å². The summed E-state index contributed by atoms with van der Waals surface area (Å²) < 4.78 is 7.11. The molecule has 2 N–H and O–H groups in total. The third-order valence-corrected chi connectivity index (χ3v) is 10.1. The predicted octanol–water partition coefficient (Wildman–Crippen LogP) is 4.87. The van der Waals surface area contributed by atoms with Gasteiger partial charge in [-0.05, 0) is 67.4 Å². The number of nitrogens with zero attached hydrogens (tertiary/aromatic N) is 3. The smallest absolute Gasteiger partial charge is 0.166 e. The van der Waals surface area contributed by atoms with Crippen LogP contribution in [0.1, 0.15) is 31.4 Å². The van der Waals surface area contributed by atoms with Gasteiger partial charge < -0.3 is 15.4 Å². The monoisotopic (exact) mass is 541 g/mol. The molecule has 1 aromatic heterocycles. The number of aromatic nitrogens is 1. The summed E-state index contributed by atoms with van der Waals surface area (Å²) in [5.74, 6) is 4.16. The highest BCUT2D eigenvalue weighted by Gasteiger charge is 2.43. The van der Waals surface area contributed by atoms with E-state index in [9.17, 15) is 0 Å². The summed E-state index contributed by atoms with van der Waals surface area (Å²) in [5.41, 5.74) is 2.08. The number of hydrogen-bond acceptors (Lipinski definition) is 7. The van der Waals surface area contributed by atoms with Crippen molar-refractivity contribution in [1.82, 2.24) is 20.5 Å². The molecule has 3 fully saturated rings. The van der Waals surface area contributed by atoms with Crippen LogP contribution in [0.5, 0.6) is 5.75 Å². The summed E-state index contributed by atoms with van der Waals surface area (Å²) in [6.45, 7) is 9.18. The summed E-state index contributed by atoms with van der Waals surface area (Å²) in [6.07, 6.45) is 6.34. The number of fused-ring (bicyclic) bond motifs is 4. The Kier molecular flexibility index (Phi) is 8.40. The van der Waals surface area contributed by atoms with Crippen molar-refractivity contribution in [3.8, 4) is 5.75 Å². The molecular formula is C27H35N5OS3. The molecule has 192 valence electrons. The zero-order chi connectivity index (χ0) is 25.1. The molecule has 0 aliphatic carbocycles. The predicted molar refractivity (Wildman–Crippen MR) is 158 cm³/mol. The van der Waals surface area contributed by atoms with E-state index in [-0.39, 0.29) is 12.1 Å². The number of aliphatic imine (C=N–C) groups is 1. The molecule has 5 heterocycles. The number of rotatable bonds is 8. The quantitative estimate of drug-likeness (QED) is 0.363. The fourth-order valence-electron chi connectivity index (χ4n) is 5.74. The van der Waals surface area contributed by atoms with E-state index in [1.807, 2.05) is 35.8 Å². The highest BCUT2D eigenvalue weighted by atomic mass is 32.2. The molecule has 0 amide bonds. The van der Waals surface area contributed by atoms with Crippen molar-refractivity contribution in [1.29, 1.82) is 0 Å². The number of pyridine rings is 1. The summed E-state index contributed by atoms with van der Waals surface area (Å²) in [4.78, 5) is 12.1. The van der Waals surface area contributed by atoms with Gasteiger partial charge in [0.25, 0.3) is 0 Å². The van der Waals surface area contributed by atoms with Crippen molar-refractivity contribution in [2.24, 2.45) is 16.8 Å². The van der Waals surface area contributed by atoms with Crippen molar-refractivity contribution >= 4 is 56.1 Å².